The number of carbonyl (C=O) groups excluding carboxylic acids is 2. The summed E-state index contributed by atoms with van der Waals surface area (Å²) in [7, 11) is 4.73. The maximum absolute atomic E-state index is 13.3. The van der Waals surface area contributed by atoms with E-state index in [1.54, 1.807) is 38.5 Å². The van der Waals surface area contributed by atoms with Gasteiger partial charge in [0.05, 0.1) is 25.5 Å². The van der Waals surface area contributed by atoms with Gasteiger partial charge in [0.15, 0.2) is 0 Å². The molecule has 3 aromatic rings. The van der Waals surface area contributed by atoms with E-state index in [9.17, 15) is 9.59 Å². The molecule has 1 heterocycles. The Kier molecular flexibility index (Phi) is 10.8. The number of amides is 3. The van der Waals surface area contributed by atoms with Gasteiger partial charge < -0.3 is 35.1 Å². The van der Waals surface area contributed by atoms with E-state index in [0.29, 0.717) is 48.0 Å². The molecule has 10 nitrogen and oxygen atoms in total. The lowest BCUT2D eigenvalue weighted by molar-refractivity contribution is 0.0949. The summed E-state index contributed by atoms with van der Waals surface area (Å²) in [6.07, 6.45) is 0.708. The highest BCUT2D eigenvalue weighted by Crippen LogP contribution is 2.30. The van der Waals surface area contributed by atoms with Crippen LogP contribution in [0, 0.1) is 0 Å². The zero-order chi connectivity index (χ0) is 29.0. The molecule has 0 saturated carbocycles. The van der Waals surface area contributed by atoms with Crippen LogP contribution in [0.2, 0.25) is 0 Å². The van der Waals surface area contributed by atoms with Gasteiger partial charge in [0.1, 0.15) is 11.5 Å². The molecule has 1 saturated heterocycles. The van der Waals surface area contributed by atoms with Crippen molar-refractivity contribution in [3.63, 3.8) is 0 Å². The van der Waals surface area contributed by atoms with Crippen molar-refractivity contribution in [2.45, 2.75) is 13.0 Å². The van der Waals surface area contributed by atoms with Crippen LogP contribution >= 0.6 is 0 Å². The summed E-state index contributed by atoms with van der Waals surface area (Å²) in [5.74, 6) is 0.895. The normalized spacial score (nSPS) is 13.4. The fourth-order valence-electron chi connectivity index (χ4n) is 4.76. The molecule has 41 heavy (non-hydrogen) atoms. The third kappa shape index (κ3) is 8.36. The minimum atomic E-state index is -0.456. The molecule has 0 radical (unpaired) electrons. The maximum atomic E-state index is 13.3. The number of nitrogens with one attached hydrogen (secondary N) is 3. The molecule has 0 unspecified atom stereocenters. The van der Waals surface area contributed by atoms with Crippen LogP contribution in [0.15, 0.2) is 66.7 Å². The molecule has 1 aliphatic rings. The molecular weight excluding hydrogens is 522 g/mol. The summed E-state index contributed by atoms with van der Waals surface area (Å²) in [6, 6.07) is 20.6. The Morgan fingerprint density at radius 2 is 1.63 bits per heavy atom. The number of rotatable bonds is 12. The Morgan fingerprint density at radius 1 is 0.854 bits per heavy atom. The summed E-state index contributed by atoms with van der Waals surface area (Å²) < 4.78 is 15.7. The minimum absolute atomic E-state index is 0.191. The molecule has 218 valence electrons. The summed E-state index contributed by atoms with van der Waals surface area (Å²) in [5, 5.41) is 8.63. The van der Waals surface area contributed by atoms with Crippen molar-refractivity contribution in [1.29, 1.82) is 0 Å². The van der Waals surface area contributed by atoms with Crippen molar-refractivity contribution >= 4 is 29.0 Å². The van der Waals surface area contributed by atoms with Gasteiger partial charge in [-0.2, -0.15) is 0 Å². The number of urea groups is 1. The highest BCUT2D eigenvalue weighted by Gasteiger charge is 2.22. The molecule has 10 heteroatoms. The summed E-state index contributed by atoms with van der Waals surface area (Å²) in [4.78, 5) is 30.8. The second-order valence-corrected chi connectivity index (χ2v) is 9.73. The molecule has 0 aromatic heterocycles. The minimum Gasteiger partial charge on any atom is -0.497 e. The van der Waals surface area contributed by atoms with Gasteiger partial charge in [-0.25, -0.2) is 4.79 Å². The molecule has 0 aliphatic carbocycles. The van der Waals surface area contributed by atoms with Gasteiger partial charge in [0, 0.05) is 70.4 Å². The van der Waals surface area contributed by atoms with E-state index in [0.717, 1.165) is 38.4 Å². The molecule has 0 atom stereocenters. The smallest absolute Gasteiger partial charge is 0.323 e. The van der Waals surface area contributed by atoms with Gasteiger partial charge in [0.2, 0.25) is 0 Å². The molecule has 0 spiro atoms. The lowest BCUT2D eigenvalue weighted by atomic mass is 10.1. The number of piperazine rings is 1. The molecule has 3 amide bonds. The topological polar surface area (TPSA) is 104 Å². The third-order valence-corrected chi connectivity index (χ3v) is 6.93. The molecule has 1 fully saturated rings. The average Bonchev–Trinajstić information content (AvgIpc) is 3.00. The fourth-order valence-corrected chi connectivity index (χ4v) is 4.76. The Bertz CT molecular complexity index is 1300. The standard InChI is InChI=1S/C31H39N5O5/c1-39-19-7-14-32-30(37)26-20-24(33-31(38)34-27-12-11-25(40-2)21-29(27)41-3)10-13-28(26)36-17-15-35(16-18-36)22-23-8-5-4-6-9-23/h4-6,8-13,20-21H,7,14-19,22H2,1-3H3,(H,32,37)(H2,33,34,38). The molecular formula is C31H39N5O5. The monoisotopic (exact) mass is 561 g/mol. The molecule has 0 bridgehead atoms. The van der Waals surface area contributed by atoms with Crippen LogP contribution in [-0.4, -0.2) is 77.5 Å². The first-order chi connectivity index (χ1) is 20.0. The first kappa shape index (κ1) is 29.7. The van der Waals surface area contributed by atoms with E-state index in [-0.39, 0.29) is 5.91 Å². The van der Waals surface area contributed by atoms with Crippen molar-refractivity contribution in [3.05, 3.63) is 77.9 Å². The van der Waals surface area contributed by atoms with Crippen LogP contribution in [0.4, 0.5) is 21.9 Å². The number of benzene rings is 3. The van der Waals surface area contributed by atoms with Crippen LogP contribution in [0.25, 0.3) is 0 Å². The Balaban J connectivity index is 1.46. The second kappa shape index (κ2) is 14.9. The number of hydrogen-bond acceptors (Lipinski definition) is 7. The van der Waals surface area contributed by atoms with Crippen LogP contribution in [0.1, 0.15) is 22.3 Å². The van der Waals surface area contributed by atoms with Gasteiger partial charge in [0.25, 0.3) is 5.91 Å². The predicted octanol–water partition coefficient (Wildman–Crippen LogP) is 4.44. The predicted molar refractivity (Wildman–Crippen MR) is 161 cm³/mol. The highest BCUT2D eigenvalue weighted by molar-refractivity contribution is 6.04. The maximum Gasteiger partial charge on any atom is 0.323 e. The van der Waals surface area contributed by atoms with E-state index in [1.807, 2.05) is 18.2 Å². The molecule has 4 rings (SSSR count). The third-order valence-electron chi connectivity index (χ3n) is 6.93. The lowest BCUT2D eigenvalue weighted by Gasteiger charge is -2.37. The number of hydrogen-bond donors (Lipinski definition) is 3. The first-order valence-electron chi connectivity index (χ1n) is 13.7. The number of methoxy groups -OCH3 is 3. The molecule has 3 N–H and O–H groups in total. The van der Waals surface area contributed by atoms with Gasteiger partial charge in [-0.15, -0.1) is 0 Å². The Hall–Kier alpha value is -4.28. The van der Waals surface area contributed by atoms with Gasteiger partial charge >= 0.3 is 6.03 Å². The Labute approximate surface area is 241 Å². The average molecular weight is 562 g/mol. The zero-order valence-electron chi connectivity index (χ0n) is 23.9. The molecule has 1 aliphatic heterocycles. The van der Waals surface area contributed by atoms with Gasteiger partial charge in [-0.05, 0) is 42.3 Å². The first-order valence-corrected chi connectivity index (χ1v) is 13.7. The van der Waals surface area contributed by atoms with E-state index in [1.165, 1.54) is 12.7 Å². The number of anilines is 3. The molecule has 3 aromatic carbocycles. The van der Waals surface area contributed by atoms with Crippen LogP contribution in [0.3, 0.4) is 0 Å². The van der Waals surface area contributed by atoms with Gasteiger partial charge in [-0.1, -0.05) is 30.3 Å². The quantitative estimate of drug-likeness (QED) is 0.281. The van der Waals surface area contributed by atoms with E-state index >= 15 is 0 Å². The SMILES string of the molecule is COCCCNC(=O)c1cc(NC(=O)Nc2ccc(OC)cc2OC)ccc1N1CCN(Cc2ccccc2)CC1. The lowest BCUT2D eigenvalue weighted by Crippen LogP contribution is -2.46. The van der Waals surface area contributed by atoms with Crippen molar-refractivity contribution in [1.82, 2.24) is 10.2 Å². The van der Waals surface area contributed by atoms with E-state index in [4.69, 9.17) is 14.2 Å². The Morgan fingerprint density at radius 3 is 2.34 bits per heavy atom. The summed E-state index contributed by atoms with van der Waals surface area (Å²) in [6.45, 7) is 5.31. The van der Waals surface area contributed by atoms with Crippen LogP contribution in [0.5, 0.6) is 11.5 Å². The van der Waals surface area contributed by atoms with Crippen molar-refractivity contribution in [2.24, 2.45) is 0 Å². The second-order valence-electron chi connectivity index (χ2n) is 9.73. The number of ether oxygens (including phenoxy) is 3. The van der Waals surface area contributed by atoms with E-state index < -0.39 is 6.03 Å². The van der Waals surface area contributed by atoms with Crippen molar-refractivity contribution in [3.8, 4) is 11.5 Å². The van der Waals surface area contributed by atoms with Crippen LogP contribution < -0.4 is 30.3 Å². The van der Waals surface area contributed by atoms with Crippen molar-refractivity contribution < 1.29 is 23.8 Å². The summed E-state index contributed by atoms with van der Waals surface area (Å²) >= 11 is 0. The largest absolute Gasteiger partial charge is 0.497 e. The van der Waals surface area contributed by atoms with Crippen LogP contribution in [-0.2, 0) is 11.3 Å². The zero-order valence-corrected chi connectivity index (χ0v) is 23.9. The number of nitrogens with zero attached hydrogens (tertiary/aromatic N) is 2. The van der Waals surface area contributed by atoms with E-state index in [2.05, 4.69) is 50.0 Å². The fraction of sp³-hybridized carbons (Fsp3) is 0.355. The van der Waals surface area contributed by atoms with Crippen molar-refractivity contribution in [2.75, 3.05) is 76.2 Å². The van der Waals surface area contributed by atoms with Gasteiger partial charge in [-0.3, -0.25) is 9.69 Å². The summed E-state index contributed by atoms with van der Waals surface area (Å²) in [5.41, 5.74) is 3.64. The number of carbonyl (C=O) groups is 2. The highest BCUT2D eigenvalue weighted by atomic mass is 16.5.